The molecule has 4 rings (SSSR count). The fourth-order valence-corrected chi connectivity index (χ4v) is 5.32. The Hall–Kier alpha value is -2.79. The molecule has 2 aliphatic carbocycles. The van der Waals surface area contributed by atoms with Crippen molar-refractivity contribution in [2.75, 3.05) is 14.2 Å². The number of likely N-dealkylation sites (N-methyl/N-ethyl adjacent to an activating group) is 1. The predicted octanol–water partition coefficient (Wildman–Crippen LogP) is 5.52. The van der Waals surface area contributed by atoms with Crippen LogP contribution in [-0.2, 0) is 25.7 Å². The number of benzene rings is 1. The normalized spacial score (nSPS) is 24.8. The number of hydrogen-bond donors (Lipinski definition) is 0. The Morgan fingerprint density at radius 1 is 1.30 bits per heavy atom. The van der Waals surface area contributed by atoms with E-state index >= 15 is 0 Å². The lowest BCUT2D eigenvalue weighted by molar-refractivity contribution is -0.142. The summed E-state index contributed by atoms with van der Waals surface area (Å²) in [5.41, 5.74) is 4.89. The van der Waals surface area contributed by atoms with E-state index in [1.54, 1.807) is 11.9 Å². The summed E-state index contributed by atoms with van der Waals surface area (Å²) < 4.78 is 11.0. The van der Waals surface area contributed by atoms with Crippen LogP contribution in [0.3, 0.4) is 0 Å². The maximum Gasteiger partial charge on any atom is 0.307 e. The second-order valence-corrected chi connectivity index (χ2v) is 9.57. The van der Waals surface area contributed by atoms with Gasteiger partial charge < -0.3 is 14.4 Å². The van der Waals surface area contributed by atoms with Gasteiger partial charge in [0.05, 0.1) is 30.7 Å². The molecular weight excluding hydrogens is 438 g/mol. The fraction of sp³-hybridized carbons (Fsp3) is 0.407. The molecule has 33 heavy (non-hydrogen) atoms. The smallest absolute Gasteiger partial charge is 0.307 e. The second kappa shape index (κ2) is 9.22. The summed E-state index contributed by atoms with van der Waals surface area (Å²) in [5, 5.41) is 0.831. The highest BCUT2D eigenvalue weighted by Gasteiger charge is 2.52. The van der Waals surface area contributed by atoms with Crippen molar-refractivity contribution in [3.05, 3.63) is 75.6 Å². The summed E-state index contributed by atoms with van der Waals surface area (Å²) in [7, 11) is 3.11. The number of amides is 1. The minimum absolute atomic E-state index is 0.00324. The molecule has 1 fully saturated rings. The molecule has 2 atom stereocenters. The van der Waals surface area contributed by atoms with Gasteiger partial charge in [-0.3, -0.25) is 9.59 Å². The van der Waals surface area contributed by atoms with Crippen molar-refractivity contribution >= 4 is 29.1 Å². The van der Waals surface area contributed by atoms with Gasteiger partial charge in [-0.25, -0.2) is 0 Å². The first-order chi connectivity index (χ1) is 15.7. The quantitative estimate of drug-likeness (QED) is 0.517. The SMILES string of the molecule is COC(=O)CC1C2=CC=C(OCc3cccc(C4=C(C)C(Cl)=CCC4)c3)CC2(C)C(=O)N1C. The molecule has 0 saturated carbocycles. The van der Waals surface area contributed by atoms with Gasteiger partial charge in [0, 0.05) is 18.5 Å². The zero-order valence-electron chi connectivity index (χ0n) is 19.6. The Morgan fingerprint density at radius 2 is 2.09 bits per heavy atom. The number of allylic oxidation sites excluding steroid dienone is 7. The summed E-state index contributed by atoms with van der Waals surface area (Å²) >= 11 is 6.35. The average Bonchev–Trinajstić information content (AvgIpc) is 2.99. The van der Waals surface area contributed by atoms with Gasteiger partial charge in [-0.1, -0.05) is 42.0 Å². The molecule has 0 N–H and O–H groups in total. The third kappa shape index (κ3) is 4.39. The molecule has 1 heterocycles. The minimum atomic E-state index is -0.702. The van der Waals surface area contributed by atoms with E-state index in [0.29, 0.717) is 13.0 Å². The fourth-order valence-electron chi connectivity index (χ4n) is 5.09. The standard InChI is InChI=1S/C27H30ClNO4/c1-17-21(9-6-10-23(17)28)19-8-5-7-18(13-19)16-33-20-11-12-22-24(14-25(30)32-4)29(3)26(31)27(22,2)15-20/h5,7-8,10-13,24H,6,9,14-16H2,1-4H3. The summed E-state index contributed by atoms with van der Waals surface area (Å²) in [4.78, 5) is 26.6. The molecule has 1 amide bonds. The molecule has 1 saturated heterocycles. The number of rotatable bonds is 6. The Bertz CT molecular complexity index is 1110. The van der Waals surface area contributed by atoms with Crippen molar-refractivity contribution < 1.29 is 19.1 Å². The van der Waals surface area contributed by atoms with Crippen LogP contribution >= 0.6 is 11.6 Å². The number of halogens is 1. The first kappa shape index (κ1) is 23.4. The number of esters is 1. The van der Waals surface area contributed by atoms with Crippen LogP contribution < -0.4 is 0 Å². The van der Waals surface area contributed by atoms with Crippen molar-refractivity contribution in [3.8, 4) is 0 Å². The monoisotopic (exact) mass is 467 g/mol. The molecule has 0 spiro atoms. The first-order valence-electron chi connectivity index (χ1n) is 11.3. The van der Waals surface area contributed by atoms with Crippen molar-refractivity contribution in [1.29, 1.82) is 0 Å². The van der Waals surface area contributed by atoms with E-state index in [-0.39, 0.29) is 24.3 Å². The second-order valence-electron chi connectivity index (χ2n) is 9.16. The molecule has 5 nitrogen and oxygen atoms in total. The Morgan fingerprint density at radius 3 is 2.85 bits per heavy atom. The number of carbonyl (C=O) groups is 2. The lowest BCUT2D eigenvalue weighted by Gasteiger charge is -2.28. The largest absolute Gasteiger partial charge is 0.493 e. The number of fused-ring (bicyclic) bond motifs is 1. The van der Waals surface area contributed by atoms with Gasteiger partial charge in [0.25, 0.3) is 0 Å². The zero-order chi connectivity index (χ0) is 23.8. The molecule has 0 bridgehead atoms. The van der Waals surface area contributed by atoms with Crippen LogP contribution in [0.15, 0.2) is 64.4 Å². The van der Waals surface area contributed by atoms with Gasteiger partial charge in [-0.2, -0.15) is 0 Å². The van der Waals surface area contributed by atoms with E-state index in [0.717, 1.165) is 40.3 Å². The lowest BCUT2D eigenvalue weighted by atomic mass is 9.75. The Labute approximate surface area is 200 Å². The summed E-state index contributed by atoms with van der Waals surface area (Å²) in [6.07, 6.45) is 8.50. The summed E-state index contributed by atoms with van der Waals surface area (Å²) in [5.74, 6) is 0.449. The molecule has 3 aliphatic rings. The van der Waals surface area contributed by atoms with E-state index in [1.165, 1.54) is 18.2 Å². The van der Waals surface area contributed by atoms with E-state index < -0.39 is 5.41 Å². The van der Waals surface area contributed by atoms with Gasteiger partial charge in [0.1, 0.15) is 6.61 Å². The third-order valence-electron chi connectivity index (χ3n) is 7.05. The highest BCUT2D eigenvalue weighted by Crippen LogP contribution is 2.48. The van der Waals surface area contributed by atoms with Gasteiger partial charge >= 0.3 is 5.97 Å². The minimum Gasteiger partial charge on any atom is -0.493 e. The van der Waals surface area contributed by atoms with Gasteiger partial charge in [-0.15, -0.1) is 0 Å². The van der Waals surface area contributed by atoms with Crippen LogP contribution in [0.1, 0.15) is 50.7 Å². The van der Waals surface area contributed by atoms with E-state index in [9.17, 15) is 9.59 Å². The maximum atomic E-state index is 13.1. The molecule has 0 aromatic heterocycles. The number of ether oxygens (including phenoxy) is 2. The lowest BCUT2D eigenvalue weighted by Crippen LogP contribution is -2.33. The topological polar surface area (TPSA) is 55.8 Å². The first-order valence-corrected chi connectivity index (χ1v) is 11.7. The van der Waals surface area contributed by atoms with E-state index in [2.05, 4.69) is 25.1 Å². The van der Waals surface area contributed by atoms with Crippen LogP contribution in [-0.4, -0.2) is 37.0 Å². The van der Waals surface area contributed by atoms with Crippen molar-refractivity contribution in [2.24, 2.45) is 5.41 Å². The van der Waals surface area contributed by atoms with Crippen LogP contribution in [0, 0.1) is 5.41 Å². The molecule has 2 unspecified atom stereocenters. The van der Waals surface area contributed by atoms with Gasteiger partial charge in [-0.05, 0) is 66.7 Å². The molecular formula is C27H30ClNO4. The molecule has 0 radical (unpaired) electrons. The van der Waals surface area contributed by atoms with Gasteiger partial charge in [0.2, 0.25) is 5.91 Å². The highest BCUT2D eigenvalue weighted by atomic mass is 35.5. The average molecular weight is 468 g/mol. The highest BCUT2D eigenvalue weighted by molar-refractivity contribution is 6.32. The van der Waals surface area contributed by atoms with Crippen LogP contribution in [0.25, 0.3) is 5.57 Å². The van der Waals surface area contributed by atoms with Crippen LogP contribution in [0.5, 0.6) is 0 Å². The number of carbonyl (C=O) groups excluding carboxylic acids is 2. The number of hydrogen-bond acceptors (Lipinski definition) is 4. The maximum absolute atomic E-state index is 13.1. The van der Waals surface area contributed by atoms with Gasteiger partial charge in [0.15, 0.2) is 0 Å². The molecule has 6 heteroatoms. The van der Waals surface area contributed by atoms with E-state index in [1.807, 2.05) is 31.2 Å². The number of likely N-dealkylation sites (tertiary alicyclic amines) is 1. The van der Waals surface area contributed by atoms with Crippen LogP contribution in [0.4, 0.5) is 0 Å². The Kier molecular flexibility index (Phi) is 6.53. The van der Waals surface area contributed by atoms with E-state index in [4.69, 9.17) is 21.1 Å². The van der Waals surface area contributed by atoms with Crippen molar-refractivity contribution in [2.45, 2.75) is 52.2 Å². The predicted molar refractivity (Wildman–Crippen MR) is 129 cm³/mol. The summed E-state index contributed by atoms with van der Waals surface area (Å²) in [6, 6.07) is 8.08. The summed E-state index contributed by atoms with van der Waals surface area (Å²) in [6.45, 7) is 4.42. The zero-order valence-corrected chi connectivity index (χ0v) is 20.4. The number of methoxy groups -OCH3 is 1. The molecule has 1 aromatic rings. The van der Waals surface area contributed by atoms with Crippen LogP contribution in [0.2, 0.25) is 0 Å². The molecule has 174 valence electrons. The number of nitrogens with zero attached hydrogens (tertiary/aromatic N) is 1. The Balaban J connectivity index is 1.50. The van der Waals surface area contributed by atoms with Crippen molar-refractivity contribution in [3.63, 3.8) is 0 Å². The molecule has 1 aromatic carbocycles. The third-order valence-corrected chi connectivity index (χ3v) is 7.49. The molecule has 1 aliphatic heterocycles. The van der Waals surface area contributed by atoms with Crippen molar-refractivity contribution in [1.82, 2.24) is 4.90 Å².